The number of hydrogen-bond acceptors (Lipinski definition) is 6. The van der Waals surface area contributed by atoms with Crippen molar-refractivity contribution in [3.63, 3.8) is 0 Å². The first kappa shape index (κ1) is 19.5. The van der Waals surface area contributed by atoms with Gasteiger partial charge in [-0.05, 0) is 30.7 Å². The van der Waals surface area contributed by atoms with Crippen molar-refractivity contribution in [3.05, 3.63) is 47.5 Å². The first-order chi connectivity index (χ1) is 14.4. The Morgan fingerprint density at radius 2 is 2.07 bits per heavy atom. The van der Waals surface area contributed by atoms with Gasteiger partial charge in [-0.15, -0.1) is 0 Å². The Bertz CT molecular complexity index is 1360. The van der Waals surface area contributed by atoms with Crippen molar-refractivity contribution < 1.29 is 13.2 Å². The predicted molar refractivity (Wildman–Crippen MR) is 113 cm³/mol. The van der Waals surface area contributed by atoms with Crippen molar-refractivity contribution in [2.45, 2.75) is 24.5 Å². The highest BCUT2D eigenvalue weighted by molar-refractivity contribution is 7.90. The topological polar surface area (TPSA) is 91.9 Å². The first-order valence-electron chi connectivity index (χ1n) is 9.63. The van der Waals surface area contributed by atoms with E-state index in [1.807, 2.05) is 18.2 Å². The fourth-order valence-corrected chi connectivity index (χ4v) is 4.79. The van der Waals surface area contributed by atoms with Crippen molar-refractivity contribution >= 4 is 43.4 Å². The van der Waals surface area contributed by atoms with Gasteiger partial charge in [0.15, 0.2) is 14.9 Å². The first-order valence-corrected chi connectivity index (χ1v) is 11.9. The largest absolute Gasteiger partial charge is 0.381 e. The van der Waals surface area contributed by atoms with E-state index in [-0.39, 0.29) is 5.03 Å². The van der Waals surface area contributed by atoms with Crippen LogP contribution in [-0.2, 0) is 27.7 Å². The molecule has 0 aliphatic carbocycles. The predicted octanol–water partition coefficient (Wildman–Crippen LogP) is 2.92. The fourth-order valence-electron chi connectivity index (χ4n) is 3.80. The van der Waals surface area contributed by atoms with Crippen molar-refractivity contribution in [1.82, 2.24) is 24.3 Å². The van der Waals surface area contributed by atoms with Gasteiger partial charge in [0.25, 0.3) is 0 Å². The number of rotatable bonds is 6. The maximum absolute atomic E-state index is 12.2. The van der Waals surface area contributed by atoms with Gasteiger partial charge in [-0.3, -0.25) is 9.67 Å². The lowest BCUT2D eigenvalue weighted by Gasteiger charge is -2.26. The summed E-state index contributed by atoms with van der Waals surface area (Å²) in [5.41, 5.74) is 2.45. The molecule has 1 aromatic carbocycles. The summed E-state index contributed by atoms with van der Waals surface area (Å²) >= 11 is 6.17. The zero-order valence-corrected chi connectivity index (χ0v) is 17.9. The van der Waals surface area contributed by atoms with Gasteiger partial charge in [0.2, 0.25) is 0 Å². The van der Waals surface area contributed by atoms with Crippen LogP contribution in [0.4, 0.5) is 0 Å². The molecule has 4 aromatic rings. The third-order valence-corrected chi connectivity index (χ3v) is 6.66. The standard InChI is InChI=1S/C20H20ClN5O3S/c1-30(27,28)20-15-4-6-22-9-18(15)26(24-20)10-19-23-16-8-14(21)2-3-17(16)25(19)7-5-13-11-29-12-13/h2-4,6,8-9,13H,5,7,10-12H2,1H3. The molecule has 0 unspecified atom stereocenters. The third-order valence-electron chi connectivity index (χ3n) is 5.42. The van der Waals surface area contributed by atoms with Gasteiger partial charge >= 0.3 is 0 Å². The molecular formula is C20H20ClN5O3S. The number of imidazole rings is 1. The summed E-state index contributed by atoms with van der Waals surface area (Å²) in [5, 5.41) is 5.63. The number of sulfone groups is 1. The van der Waals surface area contributed by atoms with Gasteiger partial charge < -0.3 is 9.30 Å². The highest BCUT2D eigenvalue weighted by Gasteiger charge is 2.22. The minimum absolute atomic E-state index is 0.0530. The molecule has 1 aliphatic rings. The lowest BCUT2D eigenvalue weighted by Crippen LogP contribution is -2.28. The van der Waals surface area contributed by atoms with Crippen molar-refractivity contribution in [3.8, 4) is 0 Å². The quantitative estimate of drug-likeness (QED) is 0.453. The molecule has 0 bridgehead atoms. The van der Waals surface area contributed by atoms with Crippen LogP contribution < -0.4 is 0 Å². The summed E-state index contributed by atoms with van der Waals surface area (Å²) in [6.07, 6.45) is 5.35. The number of fused-ring (bicyclic) bond motifs is 2. The van der Waals surface area contributed by atoms with Gasteiger partial charge in [0.05, 0.1) is 42.5 Å². The average Bonchev–Trinajstić information content (AvgIpc) is 3.19. The SMILES string of the molecule is CS(=O)(=O)c1nn(Cc2nc3cc(Cl)ccc3n2CCC2COC2)c2cnccc12. The fraction of sp³-hybridized carbons (Fsp3) is 0.350. The van der Waals surface area contributed by atoms with Crippen LogP contribution in [0.5, 0.6) is 0 Å². The smallest absolute Gasteiger partial charge is 0.195 e. The van der Waals surface area contributed by atoms with Crippen LogP contribution >= 0.6 is 11.6 Å². The molecule has 0 spiro atoms. The van der Waals surface area contributed by atoms with Crippen LogP contribution in [0.1, 0.15) is 12.2 Å². The van der Waals surface area contributed by atoms with Crippen molar-refractivity contribution in [1.29, 1.82) is 0 Å². The molecule has 0 N–H and O–H groups in total. The van der Waals surface area contributed by atoms with E-state index < -0.39 is 9.84 Å². The molecule has 1 saturated heterocycles. The Labute approximate surface area is 178 Å². The highest BCUT2D eigenvalue weighted by atomic mass is 35.5. The molecule has 4 heterocycles. The molecule has 0 amide bonds. The Kier molecular flexibility index (Phi) is 4.76. The Morgan fingerprint density at radius 3 is 2.80 bits per heavy atom. The average molecular weight is 446 g/mol. The van der Waals surface area contributed by atoms with E-state index in [0.717, 1.165) is 49.3 Å². The molecule has 10 heteroatoms. The molecule has 5 rings (SSSR count). The maximum atomic E-state index is 12.2. The van der Waals surface area contributed by atoms with Crippen LogP contribution in [0.2, 0.25) is 5.02 Å². The molecule has 30 heavy (non-hydrogen) atoms. The Morgan fingerprint density at radius 1 is 1.23 bits per heavy atom. The normalized spacial score (nSPS) is 15.1. The van der Waals surface area contributed by atoms with E-state index in [4.69, 9.17) is 21.3 Å². The molecule has 3 aromatic heterocycles. The minimum atomic E-state index is -3.48. The number of halogens is 1. The summed E-state index contributed by atoms with van der Waals surface area (Å²) in [6.45, 7) is 2.70. The summed E-state index contributed by atoms with van der Waals surface area (Å²) in [4.78, 5) is 8.94. The molecule has 0 saturated carbocycles. The summed E-state index contributed by atoms with van der Waals surface area (Å²) in [7, 11) is -3.48. The molecule has 0 atom stereocenters. The van der Waals surface area contributed by atoms with E-state index in [2.05, 4.69) is 14.6 Å². The second-order valence-corrected chi connectivity index (χ2v) is 10.0. The zero-order valence-electron chi connectivity index (χ0n) is 16.3. The summed E-state index contributed by atoms with van der Waals surface area (Å²) in [6, 6.07) is 7.34. The van der Waals surface area contributed by atoms with Crippen LogP contribution in [0.3, 0.4) is 0 Å². The van der Waals surface area contributed by atoms with Gasteiger partial charge in [0.1, 0.15) is 5.82 Å². The third kappa shape index (κ3) is 3.46. The number of nitrogens with zero attached hydrogens (tertiary/aromatic N) is 5. The second-order valence-electron chi connectivity index (χ2n) is 7.63. The molecule has 1 fully saturated rings. The summed E-state index contributed by atoms with van der Waals surface area (Å²) < 4.78 is 33.6. The number of ether oxygens (including phenoxy) is 1. The summed E-state index contributed by atoms with van der Waals surface area (Å²) in [5.74, 6) is 1.34. The van der Waals surface area contributed by atoms with E-state index >= 15 is 0 Å². The van der Waals surface area contributed by atoms with E-state index in [1.165, 1.54) is 0 Å². The Hall–Kier alpha value is -2.49. The highest BCUT2D eigenvalue weighted by Crippen LogP contribution is 2.26. The van der Waals surface area contributed by atoms with E-state index in [9.17, 15) is 8.42 Å². The van der Waals surface area contributed by atoms with Crippen molar-refractivity contribution in [2.24, 2.45) is 5.92 Å². The molecule has 8 nitrogen and oxygen atoms in total. The van der Waals surface area contributed by atoms with Gasteiger partial charge in [-0.2, -0.15) is 5.10 Å². The number of benzene rings is 1. The molecule has 156 valence electrons. The molecule has 1 aliphatic heterocycles. The number of aryl methyl sites for hydroxylation is 1. The maximum Gasteiger partial charge on any atom is 0.195 e. The number of hydrogen-bond donors (Lipinski definition) is 0. The van der Waals surface area contributed by atoms with Crippen molar-refractivity contribution in [2.75, 3.05) is 19.5 Å². The van der Waals surface area contributed by atoms with Crippen LogP contribution in [0.15, 0.2) is 41.7 Å². The zero-order chi connectivity index (χ0) is 20.9. The van der Waals surface area contributed by atoms with Gasteiger partial charge in [-0.1, -0.05) is 11.6 Å². The monoisotopic (exact) mass is 445 g/mol. The molecular weight excluding hydrogens is 426 g/mol. The lowest BCUT2D eigenvalue weighted by molar-refractivity contribution is -0.0371. The van der Waals surface area contributed by atoms with E-state index in [1.54, 1.807) is 23.1 Å². The molecule has 0 radical (unpaired) electrons. The van der Waals surface area contributed by atoms with E-state index in [0.29, 0.717) is 28.4 Å². The van der Waals surface area contributed by atoms with Crippen LogP contribution in [0, 0.1) is 5.92 Å². The minimum Gasteiger partial charge on any atom is -0.381 e. The van der Waals surface area contributed by atoms with Crippen LogP contribution in [-0.4, -0.2) is 52.2 Å². The Balaban J connectivity index is 1.59. The number of aromatic nitrogens is 5. The number of pyridine rings is 1. The van der Waals surface area contributed by atoms with Gasteiger partial charge in [0, 0.05) is 35.3 Å². The lowest BCUT2D eigenvalue weighted by atomic mass is 10.0. The van der Waals surface area contributed by atoms with Gasteiger partial charge in [-0.25, -0.2) is 13.4 Å². The second kappa shape index (κ2) is 7.33. The van der Waals surface area contributed by atoms with Crippen LogP contribution in [0.25, 0.3) is 21.9 Å².